The highest BCUT2D eigenvalue weighted by atomic mass is 35.5. The summed E-state index contributed by atoms with van der Waals surface area (Å²) in [5.74, 6) is 0.484. The Morgan fingerprint density at radius 3 is 2.60 bits per heavy atom. The van der Waals surface area contributed by atoms with Crippen LogP contribution in [0.2, 0.25) is 0 Å². The van der Waals surface area contributed by atoms with Crippen molar-refractivity contribution in [3.63, 3.8) is 0 Å². The number of nitrogens with two attached hydrogens (primary N) is 1. The van der Waals surface area contributed by atoms with Crippen molar-refractivity contribution < 1.29 is 14.3 Å². The summed E-state index contributed by atoms with van der Waals surface area (Å²) in [6.07, 6.45) is 3.89. The zero-order valence-electron chi connectivity index (χ0n) is 14.6. The van der Waals surface area contributed by atoms with Crippen molar-refractivity contribution in [3.05, 3.63) is 35.9 Å². The first-order valence-electron chi connectivity index (χ1n) is 9.03. The van der Waals surface area contributed by atoms with Gasteiger partial charge in [0.25, 0.3) is 0 Å². The maximum atomic E-state index is 12.4. The minimum absolute atomic E-state index is 0. The second-order valence-electron chi connectivity index (χ2n) is 6.83. The predicted octanol–water partition coefficient (Wildman–Crippen LogP) is 2.45. The molecule has 2 aliphatic rings. The number of hydrogen-bond donors (Lipinski definition) is 2. The van der Waals surface area contributed by atoms with Crippen molar-refractivity contribution in [2.45, 2.75) is 37.8 Å². The van der Waals surface area contributed by atoms with E-state index in [0.29, 0.717) is 25.7 Å². The third-order valence-corrected chi connectivity index (χ3v) is 5.19. The van der Waals surface area contributed by atoms with E-state index in [-0.39, 0.29) is 30.3 Å². The van der Waals surface area contributed by atoms with Crippen molar-refractivity contribution in [1.82, 2.24) is 5.32 Å². The lowest BCUT2D eigenvalue weighted by Gasteiger charge is -2.33. The molecule has 1 aromatic carbocycles. The van der Waals surface area contributed by atoms with Crippen LogP contribution in [-0.2, 0) is 14.3 Å². The number of hydrogen-bond acceptors (Lipinski definition) is 4. The van der Waals surface area contributed by atoms with Crippen molar-refractivity contribution in [1.29, 1.82) is 0 Å². The molecular formula is C19H29ClN2O3. The Hall–Kier alpha value is -1.14. The quantitative estimate of drug-likeness (QED) is 0.837. The largest absolute Gasteiger partial charge is 0.381 e. The van der Waals surface area contributed by atoms with Crippen molar-refractivity contribution in [3.8, 4) is 0 Å². The highest BCUT2D eigenvalue weighted by Gasteiger charge is 2.30. The lowest BCUT2D eigenvalue weighted by Crippen LogP contribution is -2.48. The minimum atomic E-state index is -0.436. The maximum absolute atomic E-state index is 12.4. The molecular weight excluding hydrogens is 340 g/mol. The van der Waals surface area contributed by atoms with Gasteiger partial charge in [-0.1, -0.05) is 30.3 Å². The first kappa shape index (κ1) is 20.2. The van der Waals surface area contributed by atoms with Gasteiger partial charge in [-0.05, 0) is 37.2 Å². The molecule has 6 heteroatoms. The molecule has 1 amide bonds. The van der Waals surface area contributed by atoms with Crippen molar-refractivity contribution >= 4 is 18.3 Å². The van der Waals surface area contributed by atoms with E-state index in [2.05, 4.69) is 17.4 Å². The van der Waals surface area contributed by atoms with E-state index in [0.717, 1.165) is 32.3 Å². The number of carbonyl (C=O) groups excluding carboxylic acids is 1. The van der Waals surface area contributed by atoms with Gasteiger partial charge in [-0.3, -0.25) is 4.79 Å². The molecule has 0 aliphatic carbocycles. The Labute approximate surface area is 156 Å². The number of amides is 1. The van der Waals surface area contributed by atoms with Crippen LogP contribution in [0.3, 0.4) is 0 Å². The zero-order valence-corrected chi connectivity index (χ0v) is 15.4. The van der Waals surface area contributed by atoms with Crippen LogP contribution in [0, 0.1) is 11.8 Å². The van der Waals surface area contributed by atoms with Crippen LogP contribution >= 0.6 is 12.4 Å². The van der Waals surface area contributed by atoms with E-state index in [1.807, 2.05) is 18.2 Å². The lowest BCUT2D eigenvalue weighted by atomic mass is 9.88. The molecule has 0 bridgehead atoms. The molecule has 0 radical (unpaired) electrons. The molecule has 0 spiro atoms. The summed E-state index contributed by atoms with van der Waals surface area (Å²) in [4.78, 5) is 12.4. The lowest BCUT2D eigenvalue weighted by molar-refractivity contribution is -0.125. The molecule has 2 fully saturated rings. The van der Waals surface area contributed by atoms with Gasteiger partial charge in [0.2, 0.25) is 5.91 Å². The number of halogens is 1. The highest BCUT2D eigenvalue weighted by Crippen LogP contribution is 2.33. The Bertz CT molecular complexity index is 523. The Morgan fingerprint density at radius 1 is 1.16 bits per heavy atom. The van der Waals surface area contributed by atoms with Gasteiger partial charge in [-0.25, -0.2) is 0 Å². The van der Waals surface area contributed by atoms with Gasteiger partial charge in [0, 0.05) is 32.3 Å². The second-order valence-corrected chi connectivity index (χ2v) is 6.83. The molecule has 3 rings (SSSR count). The van der Waals surface area contributed by atoms with E-state index in [1.165, 1.54) is 5.56 Å². The standard InChI is InChI=1S/C19H28N2O3.ClH/c20-17(14-8-11-23-12-9-14)19(22)21-13-16-7-4-10-24-18(16)15-5-2-1-3-6-15;/h1-3,5-6,14,16-18H,4,7-13,20H2,(H,21,22);1H. The molecule has 3 atom stereocenters. The topological polar surface area (TPSA) is 73.6 Å². The van der Waals surface area contributed by atoms with Crippen LogP contribution in [-0.4, -0.2) is 38.3 Å². The van der Waals surface area contributed by atoms with E-state index in [1.54, 1.807) is 0 Å². The Morgan fingerprint density at radius 2 is 1.88 bits per heavy atom. The van der Waals surface area contributed by atoms with Crippen LogP contribution in [0.4, 0.5) is 0 Å². The third kappa shape index (κ3) is 5.42. The smallest absolute Gasteiger partial charge is 0.237 e. The van der Waals surface area contributed by atoms with Gasteiger partial charge in [-0.15, -0.1) is 12.4 Å². The fourth-order valence-electron chi connectivity index (χ4n) is 3.70. The van der Waals surface area contributed by atoms with Gasteiger partial charge in [0.1, 0.15) is 0 Å². The molecule has 3 unspecified atom stereocenters. The minimum Gasteiger partial charge on any atom is -0.381 e. The average Bonchev–Trinajstić information content (AvgIpc) is 2.67. The summed E-state index contributed by atoms with van der Waals surface area (Å²) in [6, 6.07) is 9.83. The van der Waals surface area contributed by atoms with Crippen molar-refractivity contribution in [2.75, 3.05) is 26.4 Å². The van der Waals surface area contributed by atoms with Crippen LogP contribution in [0.5, 0.6) is 0 Å². The molecule has 25 heavy (non-hydrogen) atoms. The maximum Gasteiger partial charge on any atom is 0.237 e. The summed E-state index contributed by atoms with van der Waals surface area (Å²) < 4.78 is 11.3. The third-order valence-electron chi connectivity index (χ3n) is 5.19. The SMILES string of the molecule is Cl.NC(C(=O)NCC1CCCOC1c1ccccc1)C1CCOCC1. The van der Waals surface area contributed by atoms with E-state index in [4.69, 9.17) is 15.2 Å². The predicted molar refractivity (Wildman–Crippen MR) is 99.6 cm³/mol. The van der Waals surface area contributed by atoms with Gasteiger partial charge in [0.15, 0.2) is 0 Å². The van der Waals surface area contributed by atoms with Gasteiger partial charge in [-0.2, -0.15) is 0 Å². The van der Waals surface area contributed by atoms with Crippen LogP contribution in [0.15, 0.2) is 30.3 Å². The second kappa shape index (κ2) is 10.1. The van der Waals surface area contributed by atoms with Gasteiger partial charge < -0.3 is 20.5 Å². The van der Waals surface area contributed by atoms with E-state index >= 15 is 0 Å². The van der Waals surface area contributed by atoms with E-state index < -0.39 is 6.04 Å². The summed E-state index contributed by atoms with van der Waals surface area (Å²) in [5.41, 5.74) is 7.34. The fraction of sp³-hybridized carbons (Fsp3) is 0.632. The molecule has 2 heterocycles. The molecule has 2 aliphatic heterocycles. The highest BCUT2D eigenvalue weighted by molar-refractivity contribution is 5.85. The molecule has 0 saturated carbocycles. The number of carbonyl (C=O) groups is 1. The average molecular weight is 369 g/mol. The number of rotatable bonds is 5. The first-order valence-corrected chi connectivity index (χ1v) is 9.03. The van der Waals surface area contributed by atoms with Crippen LogP contribution < -0.4 is 11.1 Å². The fourth-order valence-corrected chi connectivity index (χ4v) is 3.70. The first-order chi connectivity index (χ1) is 11.8. The summed E-state index contributed by atoms with van der Waals surface area (Å²) in [7, 11) is 0. The number of nitrogens with one attached hydrogen (secondary N) is 1. The molecule has 0 aromatic heterocycles. The van der Waals surface area contributed by atoms with Crippen LogP contribution in [0.1, 0.15) is 37.4 Å². The molecule has 1 aromatic rings. The zero-order chi connectivity index (χ0) is 16.8. The normalized spacial score (nSPS) is 25.6. The van der Waals surface area contributed by atoms with Gasteiger partial charge in [0.05, 0.1) is 12.1 Å². The molecule has 140 valence electrons. The number of benzene rings is 1. The summed E-state index contributed by atoms with van der Waals surface area (Å²) in [5, 5.41) is 3.06. The number of ether oxygens (including phenoxy) is 2. The monoisotopic (exact) mass is 368 g/mol. The molecule has 2 saturated heterocycles. The summed E-state index contributed by atoms with van der Waals surface area (Å²) >= 11 is 0. The van der Waals surface area contributed by atoms with E-state index in [9.17, 15) is 4.79 Å². The summed E-state index contributed by atoms with van der Waals surface area (Å²) in [6.45, 7) is 2.82. The van der Waals surface area contributed by atoms with Crippen LogP contribution in [0.25, 0.3) is 0 Å². The van der Waals surface area contributed by atoms with Gasteiger partial charge >= 0.3 is 0 Å². The molecule has 5 nitrogen and oxygen atoms in total. The Kier molecular flexibility index (Phi) is 8.16. The van der Waals surface area contributed by atoms with Crippen molar-refractivity contribution in [2.24, 2.45) is 17.6 Å². The molecule has 3 N–H and O–H groups in total. The Balaban J connectivity index is 0.00000225.